The van der Waals surface area contributed by atoms with Crippen molar-refractivity contribution in [3.8, 4) is 6.07 Å². The van der Waals surface area contributed by atoms with Crippen molar-refractivity contribution in [2.75, 3.05) is 5.32 Å². The van der Waals surface area contributed by atoms with Crippen LogP contribution in [0.15, 0.2) is 47.6 Å². The van der Waals surface area contributed by atoms with Gasteiger partial charge in [-0.05, 0) is 43.2 Å². The molecule has 2 N–H and O–H groups in total. The fourth-order valence-electron chi connectivity index (χ4n) is 2.27. The number of carbonyl (C=O) groups is 2. The standard InChI is InChI=1S/C20H20N4O2/c1-14-3-8-18(15(2)11-14)23-19(25)9-10-20(26)24-22-13-17-6-4-16(12-21)5-7-17/h3-8,11,13H,9-10H2,1-2H3,(H,23,25)(H,24,26)/b22-13-. The van der Waals surface area contributed by atoms with E-state index in [4.69, 9.17) is 5.26 Å². The molecular weight excluding hydrogens is 328 g/mol. The van der Waals surface area contributed by atoms with E-state index in [2.05, 4.69) is 15.8 Å². The molecule has 2 rings (SSSR count). The molecule has 0 aliphatic rings. The topological polar surface area (TPSA) is 94.3 Å². The van der Waals surface area contributed by atoms with Gasteiger partial charge in [0.25, 0.3) is 0 Å². The fraction of sp³-hybridized carbons (Fsp3) is 0.200. The summed E-state index contributed by atoms with van der Waals surface area (Å²) in [7, 11) is 0. The molecular formula is C20H20N4O2. The van der Waals surface area contributed by atoms with Crippen LogP contribution in [-0.4, -0.2) is 18.0 Å². The second-order valence-corrected chi connectivity index (χ2v) is 5.89. The van der Waals surface area contributed by atoms with Crippen LogP contribution in [0.5, 0.6) is 0 Å². The Morgan fingerprint density at radius 1 is 1.08 bits per heavy atom. The Kier molecular flexibility index (Phi) is 6.63. The van der Waals surface area contributed by atoms with Crippen LogP contribution in [0.2, 0.25) is 0 Å². The van der Waals surface area contributed by atoms with Crippen molar-refractivity contribution in [2.45, 2.75) is 26.7 Å². The summed E-state index contributed by atoms with van der Waals surface area (Å²) in [6, 6.07) is 14.6. The lowest BCUT2D eigenvalue weighted by Crippen LogP contribution is -2.20. The van der Waals surface area contributed by atoms with Gasteiger partial charge in [0, 0.05) is 18.5 Å². The number of nitriles is 1. The molecule has 0 aliphatic heterocycles. The average Bonchev–Trinajstić information content (AvgIpc) is 2.63. The molecule has 2 aromatic carbocycles. The third-order valence-corrected chi connectivity index (χ3v) is 3.68. The van der Waals surface area contributed by atoms with Crippen LogP contribution in [0.1, 0.15) is 35.1 Å². The quantitative estimate of drug-likeness (QED) is 0.620. The van der Waals surface area contributed by atoms with E-state index in [1.165, 1.54) is 6.21 Å². The van der Waals surface area contributed by atoms with Gasteiger partial charge in [-0.15, -0.1) is 0 Å². The van der Waals surface area contributed by atoms with Crippen LogP contribution in [-0.2, 0) is 9.59 Å². The number of benzene rings is 2. The molecule has 6 nitrogen and oxygen atoms in total. The normalized spacial score (nSPS) is 10.3. The molecule has 0 saturated heterocycles. The van der Waals surface area contributed by atoms with Gasteiger partial charge in [0.05, 0.1) is 17.8 Å². The van der Waals surface area contributed by atoms with Crippen LogP contribution < -0.4 is 10.7 Å². The summed E-state index contributed by atoms with van der Waals surface area (Å²) in [5, 5.41) is 15.4. The summed E-state index contributed by atoms with van der Waals surface area (Å²) in [5.41, 5.74) is 6.56. The molecule has 132 valence electrons. The van der Waals surface area contributed by atoms with Crippen molar-refractivity contribution in [3.05, 3.63) is 64.7 Å². The van der Waals surface area contributed by atoms with E-state index in [1.54, 1.807) is 24.3 Å². The minimum absolute atomic E-state index is 0.0431. The monoisotopic (exact) mass is 348 g/mol. The number of carbonyl (C=O) groups excluding carboxylic acids is 2. The maximum atomic E-state index is 12.0. The summed E-state index contributed by atoms with van der Waals surface area (Å²) in [5.74, 6) is -0.561. The Morgan fingerprint density at radius 2 is 1.77 bits per heavy atom. The molecule has 0 radical (unpaired) electrons. The molecule has 2 aromatic rings. The predicted molar refractivity (Wildman–Crippen MR) is 101 cm³/mol. The van der Waals surface area contributed by atoms with Gasteiger partial charge < -0.3 is 5.32 Å². The Hall–Kier alpha value is -3.46. The third kappa shape index (κ3) is 5.87. The van der Waals surface area contributed by atoms with Crippen LogP contribution in [0.3, 0.4) is 0 Å². The van der Waals surface area contributed by atoms with Crippen molar-refractivity contribution < 1.29 is 9.59 Å². The lowest BCUT2D eigenvalue weighted by atomic mass is 10.1. The van der Waals surface area contributed by atoms with Crippen molar-refractivity contribution >= 4 is 23.7 Å². The number of anilines is 1. The first-order valence-corrected chi connectivity index (χ1v) is 8.17. The maximum Gasteiger partial charge on any atom is 0.240 e. The van der Waals surface area contributed by atoms with Crippen LogP contribution in [0.4, 0.5) is 5.69 Å². The first-order valence-electron chi connectivity index (χ1n) is 8.17. The van der Waals surface area contributed by atoms with Crippen molar-refractivity contribution in [3.63, 3.8) is 0 Å². The van der Waals surface area contributed by atoms with Crippen LogP contribution in [0, 0.1) is 25.2 Å². The lowest BCUT2D eigenvalue weighted by molar-refractivity contribution is -0.124. The number of hydrazone groups is 1. The highest BCUT2D eigenvalue weighted by molar-refractivity contribution is 5.94. The van der Waals surface area contributed by atoms with Crippen LogP contribution in [0.25, 0.3) is 0 Å². The van der Waals surface area contributed by atoms with Gasteiger partial charge >= 0.3 is 0 Å². The van der Waals surface area contributed by atoms with Gasteiger partial charge in [0.2, 0.25) is 11.8 Å². The van der Waals surface area contributed by atoms with Gasteiger partial charge in [-0.1, -0.05) is 29.8 Å². The average molecular weight is 348 g/mol. The van der Waals surface area contributed by atoms with E-state index in [0.29, 0.717) is 5.56 Å². The number of amides is 2. The maximum absolute atomic E-state index is 12.0. The largest absolute Gasteiger partial charge is 0.326 e. The van der Waals surface area contributed by atoms with Gasteiger partial charge in [-0.3, -0.25) is 9.59 Å². The van der Waals surface area contributed by atoms with E-state index >= 15 is 0 Å². The number of hydrogen-bond acceptors (Lipinski definition) is 4. The van der Waals surface area contributed by atoms with E-state index < -0.39 is 0 Å². The zero-order valence-electron chi connectivity index (χ0n) is 14.7. The first-order chi connectivity index (χ1) is 12.5. The molecule has 26 heavy (non-hydrogen) atoms. The molecule has 0 spiro atoms. The van der Waals surface area contributed by atoms with E-state index in [0.717, 1.165) is 22.4 Å². The van der Waals surface area contributed by atoms with Gasteiger partial charge in [-0.25, -0.2) is 5.43 Å². The zero-order valence-corrected chi connectivity index (χ0v) is 14.7. The minimum atomic E-state index is -0.342. The second-order valence-electron chi connectivity index (χ2n) is 5.89. The predicted octanol–water partition coefficient (Wildman–Crippen LogP) is 3.04. The van der Waals surface area contributed by atoms with E-state index in [1.807, 2.05) is 38.1 Å². The molecule has 0 aliphatic carbocycles. The number of aryl methyl sites for hydroxylation is 2. The van der Waals surface area contributed by atoms with Crippen molar-refractivity contribution in [1.29, 1.82) is 5.26 Å². The van der Waals surface area contributed by atoms with E-state index in [-0.39, 0.29) is 24.7 Å². The Balaban J connectivity index is 1.76. The SMILES string of the molecule is Cc1ccc(NC(=O)CCC(=O)N/N=C\c2ccc(C#N)cc2)c(C)c1. The number of nitrogens with one attached hydrogen (secondary N) is 2. The molecule has 0 heterocycles. The first kappa shape index (κ1) is 18.9. The highest BCUT2D eigenvalue weighted by Gasteiger charge is 2.08. The van der Waals surface area contributed by atoms with Gasteiger partial charge in [-0.2, -0.15) is 10.4 Å². The van der Waals surface area contributed by atoms with Gasteiger partial charge in [0.1, 0.15) is 0 Å². The highest BCUT2D eigenvalue weighted by atomic mass is 16.2. The Bertz CT molecular complexity index is 864. The summed E-state index contributed by atoms with van der Waals surface area (Å²) in [6.07, 6.45) is 1.60. The van der Waals surface area contributed by atoms with Crippen LogP contribution >= 0.6 is 0 Å². The molecule has 0 atom stereocenters. The molecule has 0 unspecified atom stereocenters. The second kappa shape index (κ2) is 9.14. The number of rotatable bonds is 6. The Morgan fingerprint density at radius 3 is 2.42 bits per heavy atom. The summed E-state index contributed by atoms with van der Waals surface area (Å²) in [6.45, 7) is 3.91. The molecule has 0 aromatic heterocycles. The molecule has 0 saturated carbocycles. The number of nitrogens with zero attached hydrogens (tertiary/aromatic N) is 2. The van der Waals surface area contributed by atoms with Crippen molar-refractivity contribution in [1.82, 2.24) is 5.43 Å². The van der Waals surface area contributed by atoms with Gasteiger partial charge in [0.15, 0.2) is 0 Å². The summed E-state index contributed by atoms with van der Waals surface area (Å²) < 4.78 is 0. The highest BCUT2D eigenvalue weighted by Crippen LogP contribution is 2.16. The Labute approximate surface area is 152 Å². The summed E-state index contributed by atoms with van der Waals surface area (Å²) >= 11 is 0. The smallest absolute Gasteiger partial charge is 0.240 e. The summed E-state index contributed by atoms with van der Waals surface area (Å²) in [4.78, 5) is 23.7. The minimum Gasteiger partial charge on any atom is -0.326 e. The fourth-order valence-corrected chi connectivity index (χ4v) is 2.27. The third-order valence-electron chi connectivity index (χ3n) is 3.68. The molecule has 2 amide bonds. The molecule has 0 fully saturated rings. The molecule has 6 heteroatoms. The lowest BCUT2D eigenvalue weighted by Gasteiger charge is -2.08. The van der Waals surface area contributed by atoms with Crippen molar-refractivity contribution in [2.24, 2.45) is 5.10 Å². The zero-order chi connectivity index (χ0) is 18.9. The molecule has 0 bridgehead atoms. The number of hydrogen-bond donors (Lipinski definition) is 2. The van der Waals surface area contributed by atoms with E-state index in [9.17, 15) is 9.59 Å².